The Bertz CT molecular complexity index is 599. The third kappa shape index (κ3) is 3.05. The molecule has 3 heteroatoms. The molecule has 2 nitrogen and oxygen atoms in total. The van der Waals surface area contributed by atoms with Gasteiger partial charge in [-0.2, -0.15) is 0 Å². The van der Waals surface area contributed by atoms with Crippen molar-refractivity contribution >= 4 is 12.4 Å². The predicted molar refractivity (Wildman–Crippen MR) is 95.5 cm³/mol. The molecule has 2 aromatic rings. The summed E-state index contributed by atoms with van der Waals surface area (Å²) in [5.74, 6) is 0. The van der Waals surface area contributed by atoms with E-state index in [1.165, 1.54) is 16.7 Å². The SMILES string of the molecule is CN1Cc2ccccc2C(CCCN)(c2ccccc2)C1.Cl. The van der Waals surface area contributed by atoms with Crippen molar-refractivity contribution in [1.82, 2.24) is 4.90 Å². The zero-order chi connectivity index (χ0) is 14.7. The number of hydrogen-bond acceptors (Lipinski definition) is 2. The molecule has 0 saturated carbocycles. The van der Waals surface area contributed by atoms with Crippen LogP contribution in [0, 0.1) is 0 Å². The molecule has 0 aliphatic carbocycles. The van der Waals surface area contributed by atoms with E-state index in [0.29, 0.717) is 0 Å². The predicted octanol–water partition coefficient (Wildman–Crippen LogP) is 3.58. The Hall–Kier alpha value is -1.35. The highest BCUT2D eigenvalue weighted by Crippen LogP contribution is 2.42. The molecule has 2 aromatic carbocycles. The molecule has 1 aliphatic heterocycles. The first-order valence-corrected chi connectivity index (χ1v) is 7.79. The fraction of sp³-hybridized carbons (Fsp3) is 0.368. The van der Waals surface area contributed by atoms with E-state index in [9.17, 15) is 0 Å². The van der Waals surface area contributed by atoms with Gasteiger partial charge < -0.3 is 10.6 Å². The van der Waals surface area contributed by atoms with Gasteiger partial charge in [0.15, 0.2) is 0 Å². The lowest BCUT2D eigenvalue weighted by atomic mass is 9.67. The molecule has 0 saturated heterocycles. The summed E-state index contributed by atoms with van der Waals surface area (Å²) in [6, 6.07) is 19.8. The quantitative estimate of drug-likeness (QED) is 0.934. The van der Waals surface area contributed by atoms with Crippen LogP contribution in [0.15, 0.2) is 54.6 Å². The Balaban J connectivity index is 0.00000176. The molecule has 1 heterocycles. The lowest BCUT2D eigenvalue weighted by Gasteiger charge is -2.44. The van der Waals surface area contributed by atoms with E-state index >= 15 is 0 Å². The van der Waals surface area contributed by atoms with E-state index in [0.717, 1.165) is 32.5 Å². The van der Waals surface area contributed by atoms with Gasteiger partial charge in [0.05, 0.1) is 0 Å². The van der Waals surface area contributed by atoms with Crippen LogP contribution < -0.4 is 5.73 Å². The first-order valence-electron chi connectivity index (χ1n) is 7.79. The summed E-state index contributed by atoms with van der Waals surface area (Å²) in [6.45, 7) is 2.85. The second-order valence-electron chi connectivity index (χ2n) is 6.17. The van der Waals surface area contributed by atoms with Gasteiger partial charge in [-0.25, -0.2) is 0 Å². The molecule has 0 amide bonds. The highest BCUT2D eigenvalue weighted by atomic mass is 35.5. The minimum atomic E-state index is 0. The van der Waals surface area contributed by atoms with Gasteiger partial charge >= 0.3 is 0 Å². The van der Waals surface area contributed by atoms with Crippen LogP contribution in [-0.4, -0.2) is 25.0 Å². The van der Waals surface area contributed by atoms with E-state index < -0.39 is 0 Å². The molecule has 2 N–H and O–H groups in total. The van der Waals surface area contributed by atoms with Crippen LogP contribution >= 0.6 is 12.4 Å². The highest BCUT2D eigenvalue weighted by molar-refractivity contribution is 5.85. The molecular weight excluding hydrogens is 292 g/mol. The number of nitrogens with two attached hydrogens (primary N) is 1. The maximum Gasteiger partial charge on any atom is 0.0333 e. The van der Waals surface area contributed by atoms with Gasteiger partial charge in [-0.1, -0.05) is 54.6 Å². The van der Waals surface area contributed by atoms with Crippen molar-refractivity contribution in [1.29, 1.82) is 0 Å². The largest absolute Gasteiger partial charge is 0.330 e. The van der Waals surface area contributed by atoms with Crippen LogP contribution in [0.2, 0.25) is 0 Å². The van der Waals surface area contributed by atoms with Gasteiger partial charge in [-0.3, -0.25) is 0 Å². The lowest BCUT2D eigenvalue weighted by Crippen LogP contribution is -2.45. The molecule has 22 heavy (non-hydrogen) atoms. The summed E-state index contributed by atoms with van der Waals surface area (Å²) in [4.78, 5) is 2.44. The van der Waals surface area contributed by atoms with Crippen molar-refractivity contribution in [3.8, 4) is 0 Å². The number of halogens is 1. The van der Waals surface area contributed by atoms with Crippen molar-refractivity contribution < 1.29 is 0 Å². The Labute approximate surface area is 139 Å². The summed E-state index contributed by atoms with van der Waals surface area (Å²) < 4.78 is 0. The van der Waals surface area contributed by atoms with Gasteiger partial charge in [0.25, 0.3) is 0 Å². The first-order chi connectivity index (χ1) is 10.3. The molecule has 0 fully saturated rings. The fourth-order valence-electron chi connectivity index (χ4n) is 3.78. The van der Waals surface area contributed by atoms with E-state index in [1.54, 1.807) is 0 Å². The summed E-state index contributed by atoms with van der Waals surface area (Å²) in [5.41, 5.74) is 10.3. The normalized spacial score (nSPS) is 21.0. The number of rotatable bonds is 4. The molecule has 0 aromatic heterocycles. The molecule has 0 bridgehead atoms. The van der Waals surface area contributed by atoms with E-state index in [1.807, 2.05) is 0 Å². The number of nitrogens with zero attached hydrogens (tertiary/aromatic N) is 1. The van der Waals surface area contributed by atoms with Crippen LogP contribution in [0.5, 0.6) is 0 Å². The van der Waals surface area contributed by atoms with E-state index in [-0.39, 0.29) is 17.8 Å². The third-order valence-corrected chi connectivity index (χ3v) is 4.65. The average molecular weight is 317 g/mol. The molecule has 118 valence electrons. The van der Waals surface area contributed by atoms with E-state index in [4.69, 9.17) is 5.73 Å². The van der Waals surface area contributed by atoms with Crippen LogP contribution in [0.25, 0.3) is 0 Å². The molecule has 1 aliphatic rings. The molecule has 1 atom stereocenters. The van der Waals surface area contributed by atoms with Crippen molar-refractivity contribution in [2.24, 2.45) is 5.73 Å². The van der Waals surface area contributed by atoms with Crippen molar-refractivity contribution in [3.05, 3.63) is 71.3 Å². The smallest absolute Gasteiger partial charge is 0.0333 e. The van der Waals surface area contributed by atoms with Crippen LogP contribution in [-0.2, 0) is 12.0 Å². The van der Waals surface area contributed by atoms with Gasteiger partial charge in [0, 0.05) is 18.5 Å². The van der Waals surface area contributed by atoms with Gasteiger partial charge in [-0.05, 0) is 43.1 Å². The standard InChI is InChI=1S/C19H24N2.ClH/c1-21-14-16-8-5-6-11-18(16)19(15-21,12-7-13-20)17-9-3-2-4-10-17;/h2-6,8-11H,7,12-15,20H2,1H3;1H. The lowest BCUT2D eigenvalue weighted by molar-refractivity contribution is 0.226. The van der Waals surface area contributed by atoms with Crippen LogP contribution in [0.3, 0.4) is 0 Å². The zero-order valence-electron chi connectivity index (χ0n) is 13.2. The monoisotopic (exact) mass is 316 g/mol. The second kappa shape index (κ2) is 7.28. The Morgan fingerprint density at radius 2 is 1.73 bits per heavy atom. The maximum absolute atomic E-state index is 5.82. The maximum atomic E-state index is 5.82. The molecule has 1 unspecified atom stereocenters. The Morgan fingerprint density at radius 1 is 1.05 bits per heavy atom. The van der Waals surface area contributed by atoms with Crippen molar-refractivity contribution in [3.63, 3.8) is 0 Å². The number of hydrogen-bond donors (Lipinski definition) is 1. The van der Waals surface area contributed by atoms with Gasteiger partial charge in [0.1, 0.15) is 0 Å². The minimum absolute atomic E-state index is 0. The molecule has 0 radical (unpaired) electrons. The van der Waals surface area contributed by atoms with Crippen molar-refractivity contribution in [2.45, 2.75) is 24.8 Å². The van der Waals surface area contributed by atoms with Gasteiger partial charge in [0.2, 0.25) is 0 Å². The Morgan fingerprint density at radius 3 is 2.45 bits per heavy atom. The van der Waals surface area contributed by atoms with Gasteiger partial charge in [-0.15, -0.1) is 12.4 Å². The van der Waals surface area contributed by atoms with Crippen LogP contribution in [0.1, 0.15) is 29.5 Å². The highest BCUT2D eigenvalue weighted by Gasteiger charge is 2.39. The molecule has 3 rings (SSSR count). The van der Waals surface area contributed by atoms with Crippen LogP contribution in [0.4, 0.5) is 0 Å². The third-order valence-electron chi connectivity index (χ3n) is 4.65. The summed E-state index contributed by atoms with van der Waals surface area (Å²) >= 11 is 0. The summed E-state index contributed by atoms with van der Waals surface area (Å²) in [7, 11) is 2.22. The summed E-state index contributed by atoms with van der Waals surface area (Å²) in [5, 5.41) is 0. The Kier molecular flexibility index (Phi) is 5.63. The zero-order valence-corrected chi connectivity index (χ0v) is 14.0. The average Bonchev–Trinajstić information content (AvgIpc) is 2.53. The topological polar surface area (TPSA) is 29.3 Å². The number of likely N-dealkylation sites (N-methyl/N-ethyl adjacent to an activating group) is 1. The fourth-order valence-corrected chi connectivity index (χ4v) is 3.78. The number of fused-ring (bicyclic) bond motifs is 1. The minimum Gasteiger partial charge on any atom is -0.330 e. The first kappa shape index (κ1) is 17.0. The van der Waals surface area contributed by atoms with Crippen molar-refractivity contribution in [2.75, 3.05) is 20.1 Å². The second-order valence-corrected chi connectivity index (χ2v) is 6.17. The number of benzene rings is 2. The molecular formula is C19H25ClN2. The van der Waals surface area contributed by atoms with E-state index in [2.05, 4.69) is 66.5 Å². The molecule has 0 spiro atoms. The summed E-state index contributed by atoms with van der Waals surface area (Å²) in [6.07, 6.45) is 2.16.